The number of hydrogen-bond acceptors (Lipinski definition) is 4. The molecule has 0 saturated heterocycles. The fourth-order valence-electron chi connectivity index (χ4n) is 1.12. The molecule has 0 aliphatic heterocycles. The van der Waals surface area contributed by atoms with Crippen LogP contribution >= 0.6 is 11.8 Å². The largest absolute Gasteiger partial charge is 0.495 e. The van der Waals surface area contributed by atoms with E-state index >= 15 is 0 Å². The number of nitrogens with zero attached hydrogens (tertiary/aromatic N) is 1. The summed E-state index contributed by atoms with van der Waals surface area (Å²) in [5.74, 6) is 1.08. The number of benzene rings is 1. The third-order valence-electron chi connectivity index (χ3n) is 1.78. The highest BCUT2D eigenvalue weighted by Gasteiger charge is 2.06. The number of nitriles is 1. The van der Waals surface area contributed by atoms with E-state index in [0.29, 0.717) is 17.2 Å². The predicted molar refractivity (Wildman–Crippen MR) is 64.6 cm³/mol. The van der Waals surface area contributed by atoms with Crippen molar-refractivity contribution < 1.29 is 9.53 Å². The lowest BCUT2D eigenvalue weighted by atomic mass is 10.3. The van der Waals surface area contributed by atoms with Crippen LogP contribution in [-0.2, 0) is 4.79 Å². The van der Waals surface area contributed by atoms with E-state index in [-0.39, 0.29) is 11.7 Å². The Morgan fingerprint density at radius 1 is 1.56 bits per heavy atom. The van der Waals surface area contributed by atoms with Gasteiger partial charge in [0.25, 0.3) is 0 Å². The summed E-state index contributed by atoms with van der Waals surface area (Å²) in [7, 11) is 1.55. The van der Waals surface area contributed by atoms with Gasteiger partial charge >= 0.3 is 0 Å². The lowest BCUT2D eigenvalue weighted by molar-refractivity contribution is -0.113. The molecule has 0 unspecified atom stereocenters. The number of para-hydroxylation sites is 2. The highest BCUT2D eigenvalue weighted by atomic mass is 32.2. The number of carbonyl (C=O) groups is 1. The van der Waals surface area contributed by atoms with Crippen molar-refractivity contribution in [1.29, 1.82) is 5.26 Å². The van der Waals surface area contributed by atoms with E-state index in [9.17, 15) is 4.79 Å². The molecule has 0 bridgehead atoms. The Labute approximate surface area is 98.6 Å². The van der Waals surface area contributed by atoms with Gasteiger partial charge in [-0.25, -0.2) is 0 Å². The number of amides is 1. The summed E-state index contributed by atoms with van der Waals surface area (Å²) in [5, 5.41) is 11.1. The van der Waals surface area contributed by atoms with Crippen LogP contribution in [0, 0.1) is 11.3 Å². The second-order valence-corrected chi connectivity index (χ2v) is 3.88. The van der Waals surface area contributed by atoms with Crippen LogP contribution in [0.15, 0.2) is 24.3 Å². The van der Waals surface area contributed by atoms with E-state index in [2.05, 4.69) is 5.32 Å². The monoisotopic (exact) mass is 236 g/mol. The maximum Gasteiger partial charge on any atom is 0.234 e. The maximum absolute atomic E-state index is 11.5. The smallest absolute Gasteiger partial charge is 0.234 e. The molecule has 1 aromatic rings. The van der Waals surface area contributed by atoms with E-state index in [4.69, 9.17) is 10.00 Å². The zero-order valence-electron chi connectivity index (χ0n) is 8.90. The van der Waals surface area contributed by atoms with Crippen LogP contribution in [0.4, 0.5) is 5.69 Å². The van der Waals surface area contributed by atoms with Gasteiger partial charge in [-0.3, -0.25) is 4.79 Å². The first-order valence-corrected chi connectivity index (χ1v) is 5.81. The van der Waals surface area contributed by atoms with E-state index < -0.39 is 0 Å². The molecule has 0 heterocycles. The van der Waals surface area contributed by atoms with Crippen LogP contribution < -0.4 is 10.1 Å². The number of ether oxygens (including phenoxy) is 1. The topological polar surface area (TPSA) is 62.1 Å². The van der Waals surface area contributed by atoms with Crippen LogP contribution in [0.3, 0.4) is 0 Å². The molecule has 0 aliphatic rings. The molecule has 5 heteroatoms. The molecule has 0 radical (unpaired) electrons. The van der Waals surface area contributed by atoms with Crippen molar-refractivity contribution in [2.24, 2.45) is 0 Å². The zero-order valence-corrected chi connectivity index (χ0v) is 9.71. The number of hydrogen-bond donors (Lipinski definition) is 1. The van der Waals surface area contributed by atoms with Gasteiger partial charge in [0.15, 0.2) is 0 Å². The lowest BCUT2D eigenvalue weighted by Crippen LogP contribution is -2.14. The van der Waals surface area contributed by atoms with Crippen LogP contribution in [0.25, 0.3) is 0 Å². The Bertz CT molecular complexity index is 401. The lowest BCUT2D eigenvalue weighted by Gasteiger charge is -2.08. The molecule has 0 fully saturated rings. The van der Waals surface area contributed by atoms with Gasteiger partial charge in [-0.2, -0.15) is 5.26 Å². The van der Waals surface area contributed by atoms with Gasteiger partial charge in [-0.15, -0.1) is 11.8 Å². The summed E-state index contributed by atoms with van der Waals surface area (Å²) in [6.07, 6.45) is 0. The van der Waals surface area contributed by atoms with Gasteiger partial charge in [0.2, 0.25) is 5.91 Å². The van der Waals surface area contributed by atoms with Crippen LogP contribution in [0.5, 0.6) is 5.75 Å². The van der Waals surface area contributed by atoms with Gasteiger partial charge < -0.3 is 10.1 Å². The third-order valence-corrected chi connectivity index (χ3v) is 2.58. The molecule has 0 aromatic heterocycles. The maximum atomic E-state index is 11.5. The van der Waals surface area contributed by atoms with Crippen molar-refractivity contribution in [2.75, 3.05) is 23.9 Å². The number of thioether (sulfide) groups is 1. The number of methoxy groups -OCH3 is 1. The van der Waals surface area contributed by atoms with Crippen molar-refractivity contribution in [3.63, 3.8) is 0 Å². The average Bonchev–Trinajstić information content (AvgIpc) is 2.30. The molecule has 0 atom stereocenters. The predicted octanol–water partition coefficient (Wildman–Crippen LogP) is 1.89. The molecule has 1 amide bonds. The van der Waals surface area contributed by atoms with Gasteiger partial charge in [-0.05, 0) is 12.1 Å². The standard InChI is InChI=1S/C11H12N2O2S/c1-15-10-5-3-2-4-9(10)13-11(14)8-16-7-6-12/h2-5H,7-8H2,1H3,(H,13,14). The van der Waals surface area contributed by atoms with Crippen molar-refractivity contribution in [2.45, 2.75) is 0 Å². The molecule has 0 aliphatic carbocycles. The van der Waals surface area contributed by atoms with Gasteiger partial charge in [0, 0.05) is 0 Å². The van der Waals surface area contributed by atoms with Crippen molar-refractivity contribution in [1.82, 2.24) is 0 Å². The molecule has 4 nitrogen and oxygen atoms in total. The molecule has 1 aromatic carbocycles. The third kappa shape index (κ3) is 3.83. The van der Waals surface area contributed by atoms with Gasteiger partial charge in [-0.1, -0.05) is 12.1 Å². The average molecular weight is 236 g/mol. The van der Waals surface area contributed by atoms with Gasteiger partial charge in [0.05, 0.1) is 30.4 Å². The van der Waals surface area contributed by atoms with E-state index in [0.717, 1.165) is 0 Å². The Morgan fingerprint density at radius 3 is 3.00 bits per heavy atom. The van der Waals surface area contributed by atoms with Crippen molar-refractivity contribution >= 4 is 23.4 Å². The van der Waals surface area contributed by atoms with Crippen LogP contribution in [0.2, 0.25) is 0 Å². The van der Waals surface area contributed by atoms with Crippen LogP contribution in [0.1, 0.15) is 0 Å². The van der Waals surface area contributed by atoms with E-state index in [1.807, 2.05) is 18.2 Å². The molecular weight excluding hydrogens is 224 g/mol. The second kappa shape index (κ2) is 6.75. The Hall–Kier alpha value is -1.67. The molecule has 1 N–H and O–H groups in total. The normalized spacial score (nSPS) is 9.25. The summed E-state index contributed by atoms with van der Waals surface area (Å²) in [4.78, 5) is 11.5. The summed E-state index contributed by atoms with van der Waals surface area (Å²) in [6, 6.07) is 9.17. The zero-order chi connectivity index (χ0) is 11.8. The summed E-state index contributed by atoms with van der Waals surface area (Å²) < 4.78 is 5.10. The fourth-order valence-corrected chi connectivity index (χ4v) is 1.57. The molecular formula is C11H12N2O2S. The Kier molecular flexibility index (Phi) is 5.23. The first-order valence-electron chi connectivity index (χ1n) is 4.65. The number of nitrogens with one attached hydrogen (secondary N) is 1. The van der Waals surface area contributed by atoms with Gasteiger partial charge in [0.1, 0.15) is 5.75 Å². The number of anilines is 1. The fraction of sp³-hybridized carbons (Fsp3) is 0.273. The summed E-state index contributed by atoms with van der Waals surface area (Å²) in [5.41, 5.74) is 0.646. The molecule has 0 saturated carbocycles. The first-order chi connectivity index (χ1) is 7.77. The van der Waals surface area contributed by atoms with E-state index in [1.54, 1.807) is 19.2 Å². The molecule has 0 spiro atoms. The minimum absolute atomic E-state index is 0.134. The Morgan fingerprint density at radius 2 is 2.31 bits per heavy atom. The minimum atomic E-state index is -0.134. The molecule has 16 heavy (non-hydrogen) atoms. The Balaban J connectivity index is 2.53. The molecule has 1 rings (SSSR count). The van der Waals surface area contributed by atoms with Crippen molar-refractivity contribution in [3.05, 3.63) is 24.3 Å². The first kappa shape index (κ1) is 12.4. The van der Waals surface area contributed by atoms with E-state index in [1.165, 1.54) is 11.8 Å². The number of rotatable bonds is 5. The summed E-state index contributed by atoms with van der Waals surface area (Å²) in [6.45, 7) is 0. The molecule has 84 valence electrons. The minimum Gasteiger partial charge on any atom is -0.495 e. The van der Waals surface area contributed by atoms with Crippen LogP contribution in [-0.4, -0.2) is 24.5 Å². The van der Waals surface area contributed by atoms with Crippen molar-refractivity contribution in [3.8, 4) is 11.8 Å². The second-order valence-electron chi connectivity index (χ2n) is 2.90. The summed E-state index contributed by atoms with van der Waals surface area (Å²) >= 11 is 1.28. The quantitative estimate of drug-likeness (QED) is 0.793. The highest BCUT2D eigenvalue weighted by Crippen LogP contribution is 2.22. The SMILES string of the molecule is COc1ccccc1NC(=O)CSCC#N. The number of carbonyl (C=O) groups excluding carboxylic acids is 1. The highest BCUT2D eigenvalue weighted by molar-refractivity contribution is 8.00.